The second-order valence-corrected chi connectivity index (χ2v) is 12.7. The SMILES string of the molecule is COc1ccc(S(=O)(=O)N(CC(C)C)C[C@@H](O)[C@H](Cc2ccccc2)NC(=O)O[C@@H]2CO[C@@H]3[C@H]2OC[C@@H]3OC)cc1. The monoisotopic (exact) mass is 592 g/mol. The third-order valence-corrected chi connectivity index (χ3v) is 9.09. The fourth-order valence-corrected chi connectivity index (χ4v) is 6.74. The number of benzene rings is 2. The van der Waals surface area contributed by atoms with Gasteiger partial charge in [-0.25, -0.2) is 13.2 Å². The van der Waals surface area contributed by atoms with E-state index in [1.165, 1.54) is 23.5 Å². The van der Waals surface area contributed by atoms with E-state index in [2.05, 4.69) is 5.32 Å². The molecule has 2 saturated heterocycles. The van der Waals surface area contributed by atoms with Crippen LogP contribution in [-0.2, 0) is 35.4 Å². The van der Waals surface area contributed by atoms with Crippen molar-refractivity contribution in [2.45, 2.75) is 61.7 Å². The van der Waals surface area contributed by atoms with Gasteiger partial charge < -0.3 is 34.1 Å². The maximum absolute atomic E-state index is 13.6. The van der Waals surface area contributed by atoms with Crippen LogP contribution in [0.15, 0.2) is 59.5 Å². The first kappa shape index (κ1) is 31.2. The average Bonchev–Trinajstić information content (AvgIpc) is 3.55. The zero-order chi connectivity index (χ0) is 29.6. The number of carbonyl (C=O) groups is 1. The number of nitrogens with zero attached hydrogens (tertiary/aromatic N) is 1. The minimum atomic E-state index is -3.96. The van der Waals surface area contributed by atoms with E-state index in [1.807, 2.05) is 44.2 Å². The number of amides is 1. The van der Waals surface area contributed by atoms with Gasteiger partial charge in [-0.1, -0.05) is 44.2 Å². The Morgan fingerprint density at radius 1 is 1.00 bits per heavy atom. The molecule has 2 aromatic carbocycles. The fourth-order valence-electron chi connectivity index (χ4n) is 5.12. The maximum atomic E-state index is 13.6. The van der Waals surface area contributed by atoms with Gasteiger partial charge in [-0.2, -0.15) is 4.31 Å². The molecule has 0 spiro atoms. The minimum absolute atomic E-state index is 0.0154. The summed E-state index contributed by atoms with van der Waals surface area (Å²) in [5.41, 5.74) is 0.858. The molecule has 0 saturated carbocycles. The largest absolute Gasteiger partial charge is 0.497 e. The quantitative estimate of drug-likeness (QED) is 0.359. The molecule has 2 heterocycles. The first-order valence-electron chi connectivity index (χ1n) is 13.7. The molecule has 1 amide bonds. The Hall–Kier alpha value is -2.74. The van der Waals surface area contributed by atoms with E-state index >= 15 is 0 Å². The number of fused-ring (bicyclic) bond motifs is 1. The Labute approximate surface area is 241 Å². The van der Waals surface area contributed by atoms with Gasteiger partial charge in [-0.05, 0) is 42.2 Å². The normalized spacial score (nSPS) is 23.8. The van der Waals surface area contributed by atoms with Gasteiger partial charge in [0, 0.05) is 20.2 Å². The zero-order valence-electron chi connectivity index (χ0n) is 23.8. The number of nitrogens with one attached hydrogen (secondary N) is 1. The number of carbonyl (C=O) groups excluding carboxylic acids is 1. The lowest BCUT2D eigenvalue weighted by molar-refractivity contribution is -0.0214. The molecular formula is C29H40N2O9S. The van der Waals surface area contributed by atoms with Crippen molar-refractivity contribution in [3.8, 4) is 5.75 Å². The highest BCUT2D eigenvalue weighted by Crippen LogP contribution is 2.30. The van der Waals surface area contributed by atoms with Crippen LogP contribution in [0, 0.1) is 5.92 Å². The van der Waals surface area contributed by atoms with Crippen LogP contribution in [0.1, 0.15) is 19.4 Å². The number of methoxy groups -OCH3 is 2. The molecule has 4 rings (SSSR count). The molecule has 0 radical (unpaired) electrons. The molecule has 226 valence electrons. The second-order valence-electron chi connectivity index (χ2n) is 10.7. The standard InChI is InChI=1S/C29H40N2O9S/c1-19(2)15-31(41(34,35)22-12-10-21(36-3)11-13-22)16-24(32)23(14-20-8-6-5-7-9-20)30-29(33)40-26-18-39-27-25(37-4)17-38-28(26)27/h5-13,19,23-28,32H,14-18H2,1-4H3,(H,30,33)/t23-,24+,25-,26+,27-,28-/m0/s1. The molecule has 2 aliphatic rings. The molecule has 0 bridgehead atoms. The van der Waals surface area contributed by atoms with Gasteiger partial charge in [0.2, 0.25) is 10.0 Å². The van der Waals surface area contributed by atoms with Crippen LogP contribution in [-0.4, -0.2) is 101 Å². The number of hydrogen-bond donors (Lipinski definition) is 2. The van der Waals surface area contributed by atoms with Gasteiger partial charge in [0.05, 0.1) is 37.4 Å². The van der Waals surface area contributed by atoms with E-state index in [1.54, 1.807) is 19.2 Å². The topological polar surface area (TPSA) is 133 Å². The van der Waals surface area contributed by atoms with Gasteiger partial charge >= 0.3 is 6.09 Å². The van der Waals surface area contributed by atoms with E-state index in [-0.39, 0.29) is 49.1 Å². The summed E-state index contributed by atoms with van der Waals surface area (Å²) in [6.07, 6.45) is -3.38. The van der Waals surface area contributed by atoms with Gasteiger partial charge in [0.1, 0.15) is 24.1 Å². The van der Waals surface area contributed by atoms with Crippen molar-refractivity contribution < 1.29 is 42.0 Å². The lowest BCUT2D eigenvalue weighted by Crippen LogP contribution is -2.52. The van der Waals surface area contributed by atoms with Crippen LogP contribution in [0.25, 0.3) is 0 Å². The molecule has 6 atom stereocenters. The molecular weight excluding hydrogens is 552 g/mol. The van der Waals surface area contributed by atoms with Crippen LogP contribution >= 0.6 is 0 Å². The van der Waals surface area contributed by atoms with Crippen LogP contribution in [0.5, 0.6) is 5.75 Å². The molecule has 41 heavy (non-hydrogen) atoms. The molecule has 2 aliphatic heterocycles. The van der Waals surface area contributed by atoms with E-state index in [4.69, 9.17) is 23.7 Å². The predicted octanol–water partition coefficient (Wildman–Crippen LogP) is 2.22. The third kappa shape index (κ3) is 7.76. The summed E-state index contributed by atoms with van der Waals surface area (Å²) in [6.45, 7) is 4.24. The lowest BCUT2D eigenvalue weighted by atomic mass is 10.0. The highest BCUT2D eigenvalue weighted by molar-refractivity contribution is 7.89. The van der Waals surface area contributed by atoms with Gasteiger partial charge in [-0.3, -0.25) is 0 Å². The van der Waals surface area contributed by atoms with Gasteiger partial charge in [0.25, 0.3) is 0 Å². The molecule has 2 aromatic rings. The van der Waals surface area contributed by atoms with Crippen molar-refractivity contribution in [3.63, 3.8) is 0 Å². The molecule has 2 fully saturated rings. The summed E-state index contributed by atoms with van der Waals surface area (Å²) in [5.74, 6) is 0.517. The Balaban J connectivity index is 1.50. The third-order valence-electron chi connectivity index (χ3n) is 7.25. The molecule has 0 unspecified atom stereocenters. The van der Waals surface area contributed by atoms with Crippen molar-refractivity contribution in [2.75, 3.05) is 40.5 Å². The molecule has 12 heteroatoms. The van der Waals surface area contributed by atoms with Crippen LogP contribution < -0.4 is 10.1 Å². The Kier molecular flexibility index (Phi) is 10.6. The van der Waals surface area contributed by atoms with E-state index in [0.29, 0.717) is 12.4 Å². The molecule has 0 aliphatic carbocycles. The summed E-state index contributed by atoms with van der Waals surface area (Å²) in [7, 11) is -0.876. The number of rotatable bonds is 13. The summed E-state index contributed by atoms with van der Waals surface area (Å²) < 4.78 is 56.2. The number of ether oxygens (including phenoxy) is 5. The number of aliphatic hydroxyl groups is 1. The van der Waals surface area contributed by atoms with E-state index < -0.39 is 40.5 Å². The second kappa shape index (κ2) is 14.0. The Bertz CT molecular complexity index is 1230. The molecule has 11 nitrogen and oxygen atoms in total. The van der Waals surface area contributed by atoms with E-state index in [0.717, 1.165) is 5.56 Å². The maximum Gasteiger partial charge on any atom is 0.407 e. The molecule has 0 aromatic heterocycles. The summed E-state index contributed by atoms with van der Waals surface area (Å²) in [5, 5.41) is 14.2. The van der Waals surface area contributed by atoms with Crippen molar-refractivity contribution in [2.24, 2.45) is 5.92 Å². The van der Waals surface area contributed by atoms with Gasteiger partial charge in [-0.15, -0.1) is 0 Å². The number of aliphatic hydroxyl groups excluding tert-OH is 1. The Morgan fingerprint density at radius 3 is 2.24 bits per heavy atom. The summed E-state index contributed by atoms with van der Waals surface area (Å²) in [4.78, 5) is 13.1. The van der Waals surface area contributed by atoms with Crippen molar-refractivity contribution in [3.05, 3.63) is 60.2 Å². The first-order chi connectivity index (χ1) is 19.6. The highest BCUT2D eigenvalue weighted by Gasteiger charge is 2.50. The number of sulfonamides is 1. The first-order valence-corrected chi connectivity index (χ1v) is 15.2. The molecule has 2 N–H and O–H groups in total. The zero-order valence-corrected chi connectivity index (χ0v) is 24.7. The summed E-state index contributed by atoms with van der Waals surface area (Å²) in [6, 6.07) is 14.6. The van der Waals surface area contributed by atoms with Crippen molar-refractivity contribution in [1.82, 2.24) is 9.62 Å². The fraction of sp³-hybridized carbons (Fsp3) is 0.552. The van der Waals surface area contributed by atoms with Gasteiger partial charge in [0.15, 0.2) is 6.10 Å². The lowest BCUT2D eigenvalue weighted by Gasteiger charge is -2.31. The van der Waals surface area contributed by atoms with Crippen LogP contribution in [0.4, 0.5) is 4.79 Å². The van der Waals surface area contributed by atoms with Crippen molar-refractivity contribution in [1.29, 1.82) is 0 Å². The number of hydrogen-bond acceptors (Lipinski definition) is 9. The van der Waals surface area contributed by atoms with Crippen molar-refractivity contribution >= 4 is 16.1 Å². The average molecular weight is 593 g/mol. The predicted molar refractivity (Wildman–Crippen MR) is 150 cm³/mol. The van der Waals surface area contributed by atoms with Crippen LogP contribution in [0.3, 0.4) is 0 Å². The Morgan fingerprint density at radius 2 is 1.63 bits per heavy atom. The minimum Gasteiger partial charge on any atom is -0.497 e. The smallest absolute Gasteiger partial charge is 0.407 e. The highest BCUT2D eigenvalue weighted by atomic mass is 32.2. The van der Waals surface area contributed by atoms with Crippen LogP contribution in [0.2, 0.25) is 0 Å². The van der Waals surface area contributed by atoms with E-state index in [9.17, 15) is 18.3 Å². The summed E-state index contributed by atoms with van der Waals surface area (Å²) >= 11 is 0. The number of alkyl carbamates (subject to hydrolysis) is 1.